The van der Waals surface area contributed by atoms with Crippen LogP contribution in [0.15, 0.2) is 35.9 Å². The fraction of sp³-hybridized carbons (Fsp3) is 0.718. The number of amides is 1. The van der Waals surface area contributed by atoms with Crippen molar-refractivity contribution in [3.05, 3.63) is 51.6 Å². The van der Waals surface area contributed by atoms with Crippen LogP contribution in [0.1, 0.15) is 80.2 Å². The number of likely N-dealkylation sites (N-methyl/N-ethyl adjacent to an activating group) is 1. The number of cyclic esters (lactones) is 1. The molecule has 0 aromatic heterocycles. The van der Waals surface area contributed by atoms with Gasteiger partial charge in [0.2, 0.25) is 0 Å². The summed E-state index contributed by atoms with van der Waals surface area (Å²) in [6, 6.07) is 5.05. The van der Waals surface area contributed by atoms with E-state index < -0.39 is 76.6 Å². The number of ketones is 1. The number of fused-ring (bicyclic) bond motifs is 1. The van der Waals surface area contributed by atoms with E-state index >= 15 is 0 Å². The van der Waals surface area contributed by atoms with Crippen LogP contribution in [0.2, 0.25) is 0 Å². The van der Waals surface area contributed by atoms with Crippen LogP contribution in [-0.2, 0) is 39.7 Å². The van der Waals surface area contributed by atoms with Crippen LogP contribution in [0.3, 0.4) is 0 Å². The molecule has 3 aliphatic rings. The number of aliphatic hydroxyl groups excluding tert-OH is 1. The molecule has 0 saturated carbocycles. The molecule has 0 spiro atoms. The highest BCUT2D eigenvalue weighted by Gasteiger charge is 2.60. The summed E-state index contributed by atoms with van der Waals surface area (Å²) in [7, 11) is 5.34. The summed E-state index contributed by atoms with van der Waals surface area (Å²) in [5, 5.41) is 22.6. The molecule has 2 saturated heterocycles. The summed E-state index contributed by atoms with van der Waals surface area (Å²) in [5.74, 6) is -2.58. The molecule has 0 unspecified atom stereocenters. The van der Waals surface area contributed by atoms with Gasteiger partial charge in [-0.15, -0.1) is 0 Å². The highest BCUT2D eigenvalue weighted by molar-refractivity contribution is 5.88. The third kappa shape index (κ3) is 8.94. The standard InChI is InChI=1S/C39H59N3O11/c1-12-30-39(8)33(41(37(46)53-39)18-17-27-13-15-28(16-14-27)42(47)48)26(6)31(43)24(4)21-38(7,49-11)34(22(2)19-23(3)35(45)51-30)52-36-32(44)29(40(9)10)20-25(5)50-36/h13-16,19,22,24-26,29-30,32-34,36,44H,12,17-18,20-21H2,1-11H3/b23-19+/t22-,24+,25+,26-,29-,30+,32+,33+,34+,36-,38+,39+/m0/s1. The third-order valence-corrected chi connectivity index (χ3v) is 11.6. The molecule has 0 radical (unpaired) electrons. The molecule has 1 aromatic rings. The molecule has 12 atom stereocenters. The van der Waals surface area contributed by atoms with Crippen molar-refractivity contribution in [2.45, 2.75) is 135 Å². The van der Waals surface area contributed by atoms with Crippen LogP contribution in [0.4, 0.5) is 10.5 Å². The lowest BCUT2D eigenvalue weighted by Crippen LogP contribution is -2.59. The lowest BCUT2D eigenvalue weighted by Gasteiger charge is -2.47. The molecule has 1 aromatic carbocycles. The number of carbonyl (C=O) groups excluding carboxylic acids is 3. The summed E-state index contributed by atoms with van der Waals surface area (Å²) in [5.41, 5.74) is -1.46. The van der Waals surface area contributed by atoms with E-state index in [0.717, 1.165) is 5.56 Å². The molecule has 3 aliphatic heterocycles. The van der Waals surface area contributed by atoms with Gasteiger partial charge in [-0.3, -0.25) is 19.8 Å². The third-order valence-electron chi connectivity index (χ3n) is 11.6. The van der Waals surface area contributed by atoms with Gasteiger partial charge in [0, 0.05) is 55.2 Å². The van der Waals surface area contributed by atoms with Crippen molar-refractivity contribution in [3.63, 3.8) is 0 Å². The van der Waals surface area contributed by atoms with E-state index in [1.165, 1.54) is 17.0 Å². The van der Waals surface area contributed by atoms with E-state index in [1.54, 1.807) is 46.1 Å². The Hall–Kier alpha value is -3.43. The fourth-order valence-corrected chi connectivity index (χ4v) is 8.65. The molecule has 1 amide bonds. The maximum Gasteiger partial charge on any atom is 0.410 e. The smallest absolute Gasteiger partial charge is 0.410 e. The summed E-state index contributed by atoms with van der Waals surface area (Å²) in [6.07, 6.45) is -1.28. The SMILES string of the molecule is CC[C@H]1OC(=O)/C(C)=C/[C@H](C)[C@@H](O[C@@H]2O[C@H](C)C[C@H](N(C)C)[C@H]2O)[C@](C)(OC)C[C@@H](C)C(=O)[C@H](C)[C@H]2N(CCc3ccc([N+](=O)[O-])cc3)C(=O)O[C@]12C. The number of Topliss-reactive ketones (excluding diaryl/α,β-unsaturated/α-hetero) is 1. The zero-order valence-corrected chi connectivity index (χ0v) is 33.1. The Kier molecular flexibility index (Phi) is 13.5. The Bertz CT molecular complexity index is 1520. The number of methoxy groups -OCH3 is 1. The quantitative estimate of drug-likeness (QED) is 0.203. The second-order valence-corrected chi connectivity index (χ2v) is 15.8. The van der Waals surface area contributed by atoms with E-state index in [1.807, 2.05) is 53.6 Å². The first-order valence-corrected chi connectivity index (χ1v) is 18.6. The van der Waals surface area contributed by atoms with Crippen molar-refractivity contribution in [2.75, 3.05) is 27.7 Å². The highest BCUT2D eigenvalue weighted by atomic mass is 16.7. The van der Waals surface area contributed by atoms with Crippen LogP contribution < -0.4 is 0 Å². The first kappa shape index (κ1) is 42.3. The number of nitro benzene ring substituents is 1. The Labute approximate surface area is 313 Å². The Balaban J connectivity index is 1.75. The fourth-order valence-electron chi connectivity index (χ4n) is 8.65. The minimum Gasteiger partial charge on any atom is -0.455 e. The normalized spacial score (nSPS) is 38.4. The minimum atomic E-state index is -1.38. The van der Waals surface area contributed by atoms with Crippen LogP contribution in [0, 0.1) is 27.9 Å². The Morgan fingerprint density at radius 3 is 2.30 bits per heavy atom. The number of nitrogens with zero attached hydrogens (tertiary/aromatic N) is 3. The lowest BCUT2D eigenvalue weighted by atomic mass is 9.74. The first-order chi connectivity index (χ1) is 24.8. The molecule has 3 heterocycles. The molecule has 0 aliphatic carbocycles. The van der Waals surface area contributed by atoms with Gasteiger partial charge in [-0.2, -0.15) is 0 Å². The molecular formula is C39H59N3O11. The number of ether oxygens (including phenoxy) is 5. The molecule has 0 bridgehead atoms. The number of non-ortho nitro benzene ring substituents is 1. The Morgan fingerprint density at radius 2 is 1.74 bits per heavy atom. The molecule has 14 heteroatoms. The van der Waals surface area contributed by atoms with Crippen molar-refractivity contribution in [1.82, 2.24) is 9.80 Å². The van der Waals surface area contributed by atoms with E-state index in [2.05, 4.69) is 0 Å². The zero-order valence-electron chi connectivity index (χ0n) is 33.1. The topological polar surface area (TPSA) is 167 Å². The Morgan fingerprint density at radius 1 is 1.09 bits per heavy atom. The number of benzene rings is 1. The van der Waals surface area contributed by atoms with Crippen molar-refractivity contribution in [2.24, 2.45) is 17.8 Å². The van der Waals surface area contributed by atoms with Gasteiger partial charge in [0.25, 0.3) is 5.69 Å². The predicted molar refractivity (Wildman–Crippen MR) is 196 cm³/mol. The van der Waals surface area contributed by atoms with Crippen molar-refractivity contribution >= 4 is 23.5 Å². The number of esters is 1. The van der Waals surface area contributed by atoms with Gasteiger partial charge in [-0.25, -0.2) is 9.59 Å². The van der Waals surface area contributed by atoms with Crippen LogP contribution in [0.5, 0.6) is 0 Å². The van der Waals surface area contributed by atoms with Gasteiger partial charge >= 0.3 is 12.1 Å². The van der Waals surface area contributed by atoms with Crippen LogP contribution in [-0.4, -0.2) is 119 Å². The molecule has 2 fully saturated rings. The largest absolute Gasteiger partial charge is 0.455 e. The predicted octanol–water partition coefficient (Wildman–Crippen LogP) is 5.08. The molecule has 14 nitrogen and oxygen atoms in total. The second-order valence-electron chi connectivity index (χ2n) is 15.8. The molecular weight excluding hydrogens is 686 g/mol. The monoisotopic (exact) mass is 745 g/mol. The van der Waals surface area contributed by atoms with E-state index in [4.69, 9.17) is 23.7 Å². The number of hydrogen-bond donors (Lipinski definition) is 1. The van der Waals surface area contributed by atoms with Crippen LogP contribution in [0.25, 0.3) is 0 Å². The number of hydrogen-bond acceptors (Lipinski definition) is 12. The van der Waals surface area contributed by atoms with Gasteiger partial charge in [-0.05, 0) is 73.0 Å². The zero-order chi connectivity index (χ0) is 39.6. The molecule has 1 N–H and O–H groups in total. The average Bonchev–Trinajstić information content (AvgIpc) is 3.37. The second kappa shape index (κ2) is 16.9. The van der Waals surface area contributed by atoms with Gasteiger partial charge in [0.05, 0.1) is 28.8 Å². The first-order valence-electron chi connectivity index (χ1n) is 18.6. The maximum atomic E-state index is 14.6. The molecule has 4 rings (SSSR count). The van der Waals surface area contributed by atoms with Crippen molar-refractivity contribution < 1.29 is 48.1 Å². The van der Waals surface area contributed by atoms with Crippen molar-refractivity contribution in [3.8, 4) is 0 Å². The summed E-state index contributed by atoms with van der Waals surface area (Å²) < 4.78 is 31.3. The van der Waals surface area contributed by atoms with Crippen molar-refractivity contribution in [1.29, 1.82) is 0 Å². The summed E-state index contributed by atoms with van der Waals surface area (Å²) in [6.45, 7) is 14.6. The minimum absolute atomic E-state index is 0.0436. The average molecular weight is 746 g/mol. The van der Waals surface area contributed by atoms with Gasteiger partial charge < -0.3 is 33.7 Å². The number of carbonyl (C=O) groups is 3. The molecule has 296 valence electrons. The number of nitro groups is 1. The highest BCUT2D eigenvalue weighted by Crippen LogP contribution is 2.43. The van der Waals surface area contributed by atoms with E-state index in [9.17, 15) is 29.6 Å². The van der Waals surface area contributed by atoms with Gasteiger partial charge in [0.1, 0.15) is 18.0 Å². The van der Waals surface area contributed by atoms with E-state index in [-0.39, 0.29) is 36.6 Å². The molecule has 53 heavy (non-hydrogen) atoms. The number of aliphatic hydroxyl groups is 1. The van der Waals surface area contributed by atoms with Gasteiger partial charge in [-0.1, -0.05) is 45.9 Å². The van der Waals surface area contributed by atoms with Crippen LogP contribution >= 0.6 is 0 Å². The van der Waals surface area contributed by atoms with Gasteiger partial charge in [0.15, 0.2) is 11.9 Å². The summed E-state index contributed by atoms with van der Waals surface area (Å²) >= 11 is 0. The van der Waals surface area contributed by atoms with E-state index in [0.29, 0.717) is 24.8 Å². The summed E-state index contributed by atoms with van der Waals surface area (Å²) in [4.78, 5) is 56.3. The lowest BCUT2D eigenvalue weighted by molar-refractivity contribution is -0.384. The number of rotatable bonds is 9. The maximum absolute atomic E-state index is 14.6.